The molecular weight excluding hydrogens is 486 g/mol. The summed E-state index contributed by atoms with van der Waals surface area (Å²) < 4.78 is 29.2. The molecular formula is C26H24ClN3O4S. The van der Waals surface area contributed by atoms with E-state index in [-0.39, 0.29) is 28.5 Å². The second-order valence-corrected chi connectivity index (χ2v) is 10.9. The van der Waals surface area contributed by atoms with Crippen molar-refractivity contribution in [1.82, 2.24) is 0 Å². The van der Waals surface area contributed by atoms with Crippen molar-refractivity contribution in [3.8, 4) is 0 Å². The number of sulfonamides is 1. The van der Waals surface area contributed by atoms with Crippen molar-refractivity contribution in [3.05, 3.63) is 105 Å². The number of allylic oxidation sites excluding steroid dienone is 2. The summed E-state index contributed by atoms with van der Waals surface area (Å²) in [4.78, 5) is 11.1. The average molecular weight is 510 g/mol. The van der Waals surface area contributed by atoms with Crippen LogP contribution in [0.2, 0.25) is 5.02 Å². The molecule has 3 aromatic rings. The molecule has 3 atom stereocenters. The Balaban J connectivity index is 1.51. The zero-order chi connectivity index (χ0) is 24.7. The maximum Gasteiger partial charge on any atom is 0.269 e. The van der Waals surface area contributed by atoms with Crippen LogP contribution in [-0.4, -0.2) is 13.3 Å². The molecule has 1 heterocycles. The minimum atomic E-state index is -3.79. The largest absolute Gasteiger partial charge is 0.378 e. The molecule has 0 saturated carbocycles. The highest BCUT2D eigenvalue weighted by Gasteiger charge is 2.39. The van der Waals surface area contributed by atoms with E-state index in [4.69, 9.17) is 11.6 Å². The first-order chi connectivity index (χ1) is 16.8. The number of para-hydroxylation sites is 1. The van der Waals surface area contributed by atoms with Gasteiger partial charge in [0, 0.05) is 34.3 Å². The van der Waals surface area contributed by atoms with Gasteiger partial charge in [-0.05, 0) is 60.2 Å². The van der Waals surface area contributed by atoms with Crippen molar-refractivity contribution >= 4 is 38.7 Å². The molecule has 0 amide bonds. The maximum absolute atomic E-state index is 13.2. The Labute approximate surface area is 209 Å². The number of nitrogens with one attached hydrogen (secondary N) is 2. The van der Waals surface area contributed by atoms with Gasteiger partial charge in [0.1, 0.15) is 0 Å². The SMILES string of the molecule is CCc1ccccc1NS(=O)(=O)c1ccc2c(c1)[C@H]1C=CC[C@H]1[C@@H](c1cc([N+](=O)[O-])ccc1Cl)N2. The number of nitrogens with zero attached hydrogens (tertiary/aromatic N) is 1. The molecule has 2 N–H and O–H groups in total. The molecule has 1 aliphatic heterocycles. The first-order valence-electron chi connectivity index (χ1n) is 11.4. The van der Waals surface area contributed by atoms with Gasteiger partial charge in [0.2, 0.25) is 0 Å². The van der Waals surface area contributed by atoms with Crippen LogP contribution in [0.25, 0.3) is 0 Å². The summed E-state index contributed by atoms with van der Waals surface area (Å²) in [7, 11) is -3.79. The van der Waals surface area contributed by atoms with Gasteiger partial charge >= 0.3 is 0 Å². The van der Waals surface area contributed by atoms with Crippen molar-refractivity contribution in [2.45, 2.75) is 36.6 Å². The summed E-state index contributed by atoms with van der Waals surface area (Å²) >= 11 is 6.47. The summed E-state index contributed by atoms with van der Waals surface area (Å²) in [6.07, 6.45) is 5.61. The van der Waals surface area contributed by atoms with Crippen molar-refractivity contribution < 1.29 is 13.3 Å². The highest BCUT2D eigenvalue weighted by atomic mass is 35.5. The van der Waals surface area contributed by atoms with Gasteiger partial charge in [0.15, 0.2) is 0 Å². The van der Waals surface area contributed by atoms with Crippen molar-refractivity contribution in [1.29, 1.82) is 0 Å². The Kier molecular flexibility index (Phi) is 6.02. The predicted octanol–water partition coefficient (Wildman–Crippen LogP) is 6.44. The summed E-state index contributed by atoms with van der Waals surface area (Å²) in [5.41, 5.74) is 3.82. The van der Waals surface area contributed by atoms with Crippen LogP contribution >= 0.6 is 11.6 Å². The summed E-state index contributed by atoms with van der Waals surface area (Å²) in [6, 6.07) is 16.6. The lowest BCUT2D eigenvalue weighted by Crippen LogP contribution is -2.29. The number of fused-ring (bicyclic) bond motifs is 3. The minimum Gasteiger partial charge on any atom is -0.378 e. The number of halogens is 1. The number of hydrogen-bond acceptors (Lipinski definition) is 5. The lowest BCUT2D eigenvalue weighted by Gasteiger charge is -2.38. The van der Waals surface area contributed by atoms with Gasteiger partial charge in [-0.1, -0.05) is 48.9 Å². The van der Waals surface area contributed by atoms with Gasteiger partial charge in [0.05, 0.1) is 21.5 Å². The van der Waals surface area contributed by atoms with Crippen molar-refractivity contribution in [2.24, 2.45) is 5.92 Å². The third kappa shape index (κ3) is 4.28. The smallest absolute Gasteiger partial charge is 0.269 e. The third-order valence-corrected chi connectivity index (χ3v) is 8.52. The molecule has 3 aromatic carbocycles. The van der Waals surface area contributed by atoms with Crippen LogP contribution in [0.3, 0.4) is 0 Å². The zero-order valence-corrected chi connectivity index (χ0v) is 20.5. The fourth-order valence-corrected chi connectivity index (χ4v) is 6.43. The molecule has 180 valence electrons. The first kappa shape index (κ1) is 23.4. The summed E-state index contributed by atoms with van der Waals surface area (Å²) in [5.74, 6) is 0.0124. The number of nitro groups is 1. The van der Waals surface area contributed by atoms with E-state index in [9.17, 15) is 18.5 Å². The fourth-order valence-electron chi connectivity index (χ4n) is 5.06. The lowest BCUT2D eigenvalue weighted by atomic mass is 9.77. The van der Waals surface area contributed by atoms with Crippen LogP contribution in [0.1, 0.15) is 42.0 Å². The van der Waals surface area contributed by atoms with Gasteiger partial charge in [-0.15, -0.1) is 0 Å². The van der Waals surface area contributed by atoms with Crippen LogP contribution in [0.15, 0.2) is 77.7 Å². The van der Waals surface area contributed by atoms with Crippen LogP contribution < -0.4 is 10.0 Å². The first-order valence-corrected chi connectivity index (χ1v) is 13.3. The molecule has 0 bridgehead atoms. The van der Waals surface area contributed by atoms with Crippen molar-refractivity contribution in [3.63, 3.8) is 0 Å². The quantitative estimate of drug-likeness (QED) is 0.226. The number of aryl methyl sites for hydroxylation is 1. The predicted molar refractivity (Wildman–Crippen MR) is 138 cm³/mol. The summed E-state index contributed by atoms with van der Waals surface area (Å²) in [5, 5.41) is 15.3. The number of anilines is 2. The topological polar surface area (TPSA) is 101 Å². The van der Waals surface area contributed by atoms with Gasteiger partial charge in [-0.25, -0.2) is 8.42 Å². The van der Waals surface area contributed by atoms with E-state index in [1.807, 2.05) is 19.1 Å². The molecule has 0 fully saturated rings. The van der Waals surface area contributed by atoms with E-state index in [1.165, 1.54) is 12.1 Å². The van der Waals surface area contributed by atoms with E-state index in [0.717, 1.165) is 23.2 Å². The summed E-state index contributed by atoms with van der Waals surface area (Å²) in [6.45, 7) is 1.98. The molecule has 35 heavy (non-hydrogen) atoms. The number of nitro benzene ring substituents is 1. The van der Waals surface area contributed by atoms with E-state index < -0.39 is 14.9 Å². The van der Waals surface area contributed by atoms with Crippen molar-refractivity contribution in [2.75, 3.05) is 10.0 Å². The van der Waals surface area contributed by atoms with E-state index in [1.54, 1.807) is 36.4 Å². The molecule has 0 spiro atoms. The monoisotopic (exact) mass is 509 g/mol. The highest BCUT2D eigenvalue weighted by Crippen LogP contribution is 2.51. The average Bonchev–Trinajstić information content (AvgIpc) is 3.34. The van der Waals surface area contributed by atoms with E-state index in [2.05, 4.69) is 22.2 Å². The number of benzene rings is 3. The highest BCUT2D eigenvalue weighted by molar-refractivity contribution is 7.92. The molecule has 5 rings (SSSR count). The minimum absolute atomic E-state index is 0.0145. The second kappa shape index (κ2) is 9.02. The molecule has 0 radical (unpaired) electrons. The lowest BCUT2D eigenvalue weighted by molar-refractivity contribution is -0.384. The van der Waals surface area contributed by atoms with E-state index >= 15 is 0 Å². The Morgan fingerprint density at radius 2 is 1.91 bits per heavy atom. The van der Waals surface area contributed by atoms with Crippen LogP contribution in [-0.2, 0) is 16.4 Å². The normalized spacial score (nSPS) is 20.6. The molecule has 0 saturated heterocycles. The van der Waals surface area contributed by atoms with Gasteiger partial charge < -0.3 is 5.32 Å². The second-order valence-electron chi connectivity index (χ2n) is 8.80. The van der Waals surface area contributed by atoms with Gasteiger partial charge in [-0.2, -0.15) is 0 Å². The Morgan fingerprint density at radius 3 is 2.69 bits per heavy atom. The van der Waals surface area contributed by atoms with Crippen LogP contribution in [0.5, 0.6) is 0 Å². The fraction of sp³-hybridized carbons (Fsp3) is 0.231. The Bertz CT molecular complexity index is 1450. The van der Waals surface area contributed by atoms with E-state index in [0.29, 0.717) is 22.7 Å². The molecule has 0 aromatic heterocycles. The van der Waals surface area contributed by atoms with Crippen LogP contribution in [0, 0.1) is 16.0 Å². The van der Waals surface area contributed by atoms with Crippen LogP contribution in [0.4, 0.5) is 17.1 Å². The van der Waals surface area contributed by atoms with Gasteiger partial charge in [0.25, 0.3) is 15.7 Å². The standard InChI is InChI=1S/C26H24ClN3O4S/c1-2-16-6-3-4-9-24(16)29-35(33,34)18-11-13-25-21(15-18)19-7-5-8-20(19)26(28-25)22-14-17(30(31)32)10-12-23(22)27/h3-7,9-15,19-20,26,28-29H,2,8H2,1H3/t19-,20+,26-/m0/s1. The number of hydrogen-bond donors (Lipinski definition) is 2. The number of rotatable bonds is 6. The Morgan fingerprint density at radius 1 is 1.11 bits per heavy atom. The van der Waals surface area contributed by atoms with Gasteiger partial charge in [-0.3, -0.25) is 14.8 Å². The molecule has 1 aliphatic carbocycles. The molecule has 9 heteroatoms. The molecule has 0 unspecified atom stereocenters. The molecule has 7 nitrogen and oxygen atoms in total. The zero-order valence-electron chi connectivity index (χ0n) is 18.9. The third-order valence-electron chi connectivity index (χ3n) is 6.81. The molecule has 2 aliphatic rings. The Hall–Kier alpha value is -3.36. The number of non-ortho nitro benzene ring substituents is 1. The maximum atomic E-state index is 13.2.